The van der Waals surface area contributed by atoms with Gasteiger partial charge in [0, 0.05) is 5.56 Å². The molecule has 0 unspecified atom stereocenters. The smallest absolute Gasteiger partial charge is 0.256 e. The van der Waals surface area contributed by atoms with Crippen LogP contribution in [-0.2, 0) is 0 Å². The van der Waals surface area contributed by atoms with Crippen LogP contribution in [-0.4, -0.2) is 5.91 Å². The quantitative estimate of drug-likeness (QED) is 0.894. The van der Waals surface area contributed by atoms with Crippen molar-refractivity contribution in [3.63, 3.8) is 0 Å². The molecule has 2 aromatic rings. The molecule has 4 heteroatoms. The number of nitrogens with one attached hydrogen (secondary N) is 1. The summed E-state index contributed by atoms with van der Waals surface area (Å²) < 4.78 is 0. The van der Waals surface area contributed by atoms with Gasteiger partial charge in [0.05, 0.1) is 5.56 Å². The molecule has 0 aliphatic carbocycles. The minimum Gasteiger partial charge on any atom is -0.312 e. The first-order valence-corrected chi connectivity index (χ1v) is 6.35. The third-order valence-electron chi connectivity index (χ3n) is 2.50. The number of benzene rings is 1. The summed E-state index contributed by atoms with van der Waals surface area (Å²) in [4.78, 5) is 12.1. The highest BCUT2D eigenvalue weighted by molar-refractivity contribution is 7.14. The fraction of sp³-hybridized carbons (Fsp3) is 0.143. The van der Waals surface area contributed by atoms with Crippen molar-refractivity contribution in [1.82, 2.24) is 0 Å². The first-order chi connectivity index (χ1) is 8.60. The van der Waals surface area contributed by atoms with Gasteiger partial charge in [0.2, 0.25) is 0 Å². The summed E-state index contributed by atoms with van der Waals surface area (Å²) in [6.45, 7) is 3.91. The number of nitrogens with zero attached hydrogens (tertiary/aromatic N) is 1. The molecule has 0 aliphatic heterocycles. The molecule has 0 fully saturated rings. The lowest BCUT2D eigenvalue weighted by molar-refractivity contribution is 0.102. The Hall–Kier alpha value is -2.12. The second-order valence-electron chi connectivity index (χ2n) is 4.11. The van der Waals surface area contributed by atoms with Crippen LogP contribution >= 0.6 is 11.3 Å². The van der Waals surface area contributed by atoms with Crippen molar-refractivity contribution in [1.29, 1.82) is 5.26 Å². The van der Waals surface area contributed by atoms with Gasteiger partial charge in [-0.05, 0) is 37.4 Å². The highest BCUT2D eigenvalue weighted by Gasteiger charge is 2.10. The number of thiophene rings is 1. The molecule has 1 aromatic carbocycles. The van der Waals surface area contributed by atoms with Gasteiger partial charge in [-0.3, -0.25) is 4.79 Å². The van der Waals surface area contributed by atoms with Crippen molar-refractivity contribution < 1.29 is 4.79 Å². The normalized spacial score (nSPS) is 9.83. The maximum Gasteiger partial charge on any atom is 0.256 e. The van der Waals surface area contributed by atoms with Gasteiger partial charge in [-0.25, -0.2) is 0 Å². The number of carbonyl (C=O) groups is 1. The van der Waals surface area contributed by atoms with Crippen molar-refractivity contribution in [2.75, 3.05) is 5.32 Å². The van der Waals surface area contributed by atoms with Crippen LogP contribution in [0.5, 0.6) is 0 Å². The zero-order valence-electron chi connectivity index (χ0n) is 10.2. The van der Waals surface area contributed by atoms with Gasteiger partial charge in [-0.2, -0.15) is 5.26 Å². The van der Waals surface area contributed by atoms with Crippen LogP contribution in [0.4, 0.5) is 5.00 Å². The van der Waals surface area contributed by atoms with Crippen LogP contribution in [0.1, 0.15) is 27.0 Å². The van der Waals surface area contributed by atoms with Gasteiger partial charge in [0.25, 0.3) is 5.91 Å². The Balaban J connectivity index is 2.25. The molecular formula is C14H12N2OS. The van der Waals surface area contributed by atoms with Crippen molar-refractivity contribution in [3.05, 3.63) is 51.9 Å². The van der Waals surface area contributed by atoms with E-state index in [-0.39, 0.29) is 5.91 Å². The molecule has 1 heterocycles. The Morgan fingerprint density at radius 1 is 1.28 bits per heavy atom. The molecule has 18 heavy (non-hydrogen) atoms. The van der Waals surface area contributed by atoms with E-state index in [1.165, 1.54) is 11.3 Å². The molecule has 0 radical (unpaired) electrons. The number of rotatable bonds is 2. The minimum absolute atomic E-state index is 0.180. The van der Waals surface area contributed by atoms with Crippen LogP contribution in [0, 0.1) is 25.2 Å². The van der Waals surface area contributed by atoms with Gasteiger partial charge in [-0.15, -0.1) is 11.3 Å². The standard InChI is InChI=1S/C14H12N2OS/c1-9-5-10(2)7-12(6-9)13(17)16-14-11(8-15)3-4-18-14/h3-7H,1-2H3,(H,16,17). The summed E-state index contributed by atoms with van der Waals surface area (Å²) in [5, 5.41) is 14.0. The number of anilines is 1. The zero-order valence-corrected chi connectivity index (χ0v) is 11.0. The first-order valence-electron chi connectivity index (χ1n) is 5.47. The van der Waals surface area contributed by atoms with E-state index in [0.717, 1.165) is 11.1 Å². The molecule has 0 saturated carbocycles. The lowest BCUT2D eigenvalue weighted by Crippen LogP contribution is -2.12. The molecule has 90 valence electrons. The van der Waals surface area contributed by atoms with Gasteiger partial charge < -0.3 is 5.32 Å². The second-order valence-corrected chi connectivity index (χ2v) is 5.02. The number of aryl methyl sites for hydroxylation is 2. The number of hydrogen-bond acceptors (Lipinski definition) is 3. The molecule has 0 atom stereocenters. The summed E-state index contributed by atoms with van der Waals surface area (Å²) >= 11 is 1.35. The Morgan fingerprint density at radius 2 is 1.94 bits per heavy atom. The average Bonchev–Trinajstić information content (AvgIpc) is 2.75. The van der Waals surface area contributed by atoms with Crippen molar-refractivity contribution >= 4 is 22.2 Å². The van der Waals surface area contributed by atoms with E-state index in [0.29, 0.717) is 16.1 Å². The third-order valence-corrected chi connectivity index (χ3v) is 3.33. The summed E-state index contributed by atoms with van der Waals surface area (Å²) in [7, 11) is 0. The Labute approximate surface area is 110 Å². The molecule has 0 bridgehead atoms. The first kappa shape index (κ1) is 12.3. The zero-order chi connectivity index (χ0) is 13.1. The molecular weight excluding hydrogens is 244 g/mol. The Bertz CT molecular complexity index is 617. The Morgan fingerprint density at radius 3 is 2.56 bits per heavy atom. The monoisotopic (exact) mass is 256 g/mol. The summed E-state index contributed by atoms with van der Waals surface area (Å²) in [5.74, 6) is -0.180. The fourth-order valence-corrected chi connectivity index (χ4v) is 2.51. The summed E-state index contributed by atoms with van der Waals surface area (Å²) in [5.41, 5.74) is 3.21. The van der Waals surface area contributed by atoms with E-state index in [2.05, 4.69) is 11.4 Å². The van der Waals surface area contributed by atoms with E-state index in [1.54, 1.807) is 11.4 Å². The van der Waals surface area contributed by atoms with E-state index < -0.39 is 0 Å². The lowest BCUT2D eigenvalue weighted by atomic mass is 10.1. The molecule has 2 rings (SSSR count). The maximum atomic E-state index is 12.1. The number of carbonyl (C=O) groups excluding carboxylic acids is 1. The van der Waals surface area contributed by atoms with E-state index in [4.69, 9.17) is 5.26 Å². The van der Waals surface area contributed by atoms with Gasteiger partial charge >= 0.3 is 0 Å². The largest absolute Gasteiger partial charge is 0.312 e. The van der Waals surface area contributed by atoms with Crippen LogP contribution in [0.15, 0.2) is 29.6 Å². The molecule has 1 N–H and O–H groups in total. The number of amides is 1. The van der Waals surface area contributed by atoms with Crippen molar-refractivity contribution in [3.8, 4) is 6.07 Å². The molecule has 0 aliphatic rings. The Kier molecular flexibility index (Phi) is 3.45. The van der Waals surface area contributed by atoms with Gasteiger partial charge in [0.15, 0.2) is 0 Å². The van der Waals surface area contributed by atoms with Crippen molar-refractivity contribution in [2.24, 2.45) is 0 Å². The molecule has 1 amide bonds. The average molecular weight is 256 g/mol. The topological polar surface area (TPSA) is 52.9 Å². The third kappa shape index (κ3) is 2.58. The predicted octanol–water partition coefficient (Wildman–Crippen LogP) is 3.49. The van der Waals surface area contributed by atoms with Gasteiger partial charge in [0.1, 0.15) is 11.1 Å². The molecule has 0 spiro atoms. The lowest BCUT2D eigenvalue weighted by Gasteiger charge is -2.05. The van der Waals surface area contributed by atoms with E-state index in [1.807, 2.05) is 32.0 Å². The highest BCUT2D eigenvalue weighted by Crippen LogP contribution is 2.23. The fourth-order valence-electron chi connectivity index (χ4n) is 1.78. The van der Waals surface area contributed by atoms with Crippen LogP contribution in [0.3, 0.4) is 0 Å². The second kappa shape index (κ2) is 5.03. The van der Waals surface area contributed by atoms with Crippen molar-refractivity contribution in [2.45, 2.75) is 13.8 Å². The number of hydrogen-bond donors (Lipinski definition) is 1. The number of nitriles is 1. The summed E-state index contributed by atoms with van der Waals surface area (Å²) in [6, 6.07) is 9.43. The van der Waals surface area contributed by atoms with E-state index in [9.17, 15) is 4.79 Å². The maximum absolute atomic E-state index is 12.1. The SMILES string of the molecule is Cc1cc(C)cc(C(=O)Nc2sccc2C#N)c1. The summed E-state index contributed by atoms with van der Waals surface area (Å²) in [6.07, 6.45) is 0. The molecule has 1 aromatic heterocycles. The van der Waals surface area contributed by atoms with Gasteiger partial charge in [-0.1, -0.05) is 17.2 Å². The molecule has 0 saturated heterocycles. The minimum atomic E-state index is -0.180. The molecule has 3 nitrogen and oxygen atoms in total. The van der Waals surface area contributed by atoms with E-state index >= 15 is 0 Å². The van der Waals surface area contributed by atoms with Crippen LogP contribution in [0.2, 0.25) is 0 Å². The van der Waals surface area contributed by atoms with Crippen LogP contribution in [0.25, 0.3) is 0 Å². The van der Waals surface area contributed by atoms with Crippen LogP contribution < -0.4 is 5.32 Å². The predicted molar refractivity (Wildman–Crippen MR) is 72.9 cm³/mol. The highest BCUT2D eigenvalue weighted by atomic mass is 32.1.